The molecule has 0 aromatic heterocycles. The summed E-state index contributed by atoms with van der Waals surface area (Å²) in [5, 5.41) is 2.81. The molecule has 1 aliphatic rings. The fourth-order valence-electron chi connectivity index (χ4n) is 3.89. The summed E-state index contributed by atoms with van der Waals surface area (Å²) < 4.78 is 26.8. The van der Waals surface area contributed by atoms with Gasteiger partial charge in [-0.1, -0.05) is 37.3 Å². The van der Waals surface area contributed by atoms with Crippen molar-refractivity contribution < 1.29 is 22.8 Å². The average Bonchev–Trinajstić information content (AvgIpc) is 3.07. The maximum atomic E-state index is 12.8. The van der Waals surface area contributed by atoms with E-state index < -0.39 is 10.0 Å². The van der Waals surface area contributed by atoms with Crippen molar-refractivity contribution in [3.8, 4) is 0 Å². The number of anilines is 2. The highest BCUT2D eigenvalue weighted by molar-refractivity contribution is 7.92. The number of nitrogens with zero attached hydrogens (tertiary/aromatic N) is 1. The Balaban J connectivity index is 1.44. The molecule has 2 N–H and O–H groups in total. The van der Waals surface area contributed by atoms with Gasteiger partial charge in [0.15, 0.2) is 0 Å². The van der Waals surface area contributed by atoms with Crippen LogP contribution in [0.4, 0.5) is 11.4 Å². The molecule has 0 spiro atoms. The van der Waals surface area contributed by atoms with E-state index in [9.17, 15) is 22.8 Å². The topological polar surface area (TPSA) is 113 Å². The first-order valence-corrected chi connectivity index (χ1v) is 12.8. The Morgan fingerprint density at radius 3 is 2.06 bits per heavy atom. The van der Waals surface area contributed by atoms with Crippen molar-refractivity contribution >= 4 is 39.1 Å². The first-order chi connectivity index (χ1) is 16.7. The lowest BCUT2D eigenvalue weighted by atomic mass is 10.1. The van der Waals surface area contributed by atoms with E-state index in [1.165, 1.54) is 4.90 Å². The molecule has 4 rings (SSSR count). The molecule has 0 bridgehead atoms. The molecule has 0 radical (unpaired) electrons. The molecule has 3 aromatic rings. The number of rotatable bonds is 8. The number of benzene rings is 3. The lowest BCUT2D eigenvalue weighted by molar-refractivity contribution is 0.0642. The number of nitrogens with one attached hydrogen (secondary N) is 2. The summed E-state index contributed by atoms with van der Waals surface area (Å²) in [6.45, 7) is 3.62. The Hall–Kier alpha value is -3.98. The summed E-state index contributed by atoms with van der Waals surface area (Å²) in [6.07, 6.45) is 0.494. The number of imide groups is 1. The average molecular weight is 492 g/mol. The second kappa shape index (κ2) is 9.71. The lowest BCUT2D eigenvalue weighted by Crippen LogP contribution is -2.29. The Morgan fingerprint density at radius 2 is 1.46 bits per heavy atom. The van der Waals surface area contributed by atoms with Crippen LogP contribution in [0.25, 0.3) is 0 Å². The van der Waals surface area contributed by atoms with Crippen molar-refractivity contribution in [1.82, 2.24) is 4.90 Å². The van der Waals surface area contributed by atoms with Crippen molar-refractivity contribution in [2.24, 2.45) is 0 Å². The van der Waals surface area contributed by atoms with E-state index >= 15 is 0 Å². The predicted octanol–water partition coefficient (Wildman–Crippen LogP) is 4.20. The summed E-state index contributed by atoms with van der Waals surface area (Å²) in [5.41, 5.74) is 3.37. The molecule has 0 aliphatic carbocycles. The Morgan fingerprint density at radius 1 is 0.857 bits per heavy atom. The second-order valence-electron chi connectivity index (χ2n) is 8.29. The minimum Gasteiger partial charge on any atom is -0.322 e. The number of carbonyl (C=O) groups excluding carboxylic acids is 3. The third-order valence-electron chi connectivity index (χ3n) is 5.76. The number of hydrogen-bond donors (Lipinski definition) is 2. The van der Waals surface area contributed by atoms with E-state index in [4.69, 9.17) is 0 Å². The molecule has 9 heteroatoms. The smallest absolute Gasteiger partial charge is 0.261 e. The van der Waals surface area contributed by atoms with Crippen molar-refractivity contribution in [2.45, 2.75) is 26.8 Å². The number of hydrogen-bond acceptors (Lipinski definition) is 5. The lowest BCUT2D eigenvalue weighted by Gasteiger charge is -2.15. The molecule has 1 heterocycles. The van der Waals surface area contributed by atoms with Crippen LogP contribution >= 0.6 is 0 Å². The van der Waals surface area contributed by atoms with Crippen molar-refractivity contribution in [1.29, 1.82) is 0 Å². The van der Waals surface area contributed by atoms with Crippen LogP contribution in [0.15, 0.2) is 66.7 Å². The van der Waals surface area contributed by atoms with E-state index in [-0.39, 0.29) is 30.0 Å². The molecular weight excluding hydrogens is 466 g/mol. The second-order valence-corrected chi connectivity index (χ2v) is 10.1. The number of carbonyl (C=O) groups is 3. The predicted molar refractivity (Wildman–Crippen MR) is 134 cm³/mol. The van der Waals surface area contributed by atoms with Crippen molar-refractivity contribution in [3.63, 3.8) is 0 Å². The van der Waals surface area contributed by atoms with E-state index in [2.05, 4.69) is 10.0 Å². The summed E-state index contributed by atoms with van der Waals surface area (Å²) in [6, 6.07) is 18.3. The van der Waals surface area contributed by atoms with Gasteiger partial charge in [-0.05, 0) is 60.9 Å². The molecule has 3 aromatic carbocycles. The van der Waals surface area contributed by atoms with E-state index in [0.717, 1.165) is 0 Å². The van der Waals surface area contributed by atoms with Gasteiger partial charge in [-0.25, -0.2) is 8.42 Å². The highest BCUT2D eigenvalue weighted by atomic mass is 32.2. The van der Waals surface area contributed by atoms with Gasteiger partial charge < -0.3 is 5.32 Å². The standard InChI is InChI=1S/C26H25N3O5S/c1-3-15-35(33,34)28-23-10-6-9-22(17(23)2)27-24(30)19-13-11-18(12-14-19)16-29-25(31)20-7-4-5-8-21(20)26(29)32/h4-14,28H,3,15-16H2,1-2H3,(H,27,30). The van der Waals surface area contributed by atoms with Crippen LogP contribution in [0.1, 0.15) is 55.5 Å². The zero-order chi connectivity index (χ0) is 25.2. The van der Waals surface area contributed by atoms with Gasteiger partial charge in [0.05, 0.1) is 29.1 Å². The monoisotopic (exact) mass is 491 g/mol. The molecule has 0 fully saturated rings. The summed E-state index contributed by atoms with van der Waals surface area (Å²) in [7, 11) is -3.46. The van der Waals surface area contributed by atoms with Gasteiger partial charge in [0.25, 0.3) is 17.7 Å². The third-order valence-corrected chi connectivity index (χ3v) is 7.23. The maximum absolute atomic E-state index is 12.8. The quantitative estimate of drug-likeness (QED) is 0.459. The summed E-state index contributed by atoms with van der Waals surface area (Å²) in [4.78, 5) is 39.1. The fraction of sp³-hybridized carbons (Fsp3) is 0.192. The third kappa shape index (κ3) is 5.09. The van der Waals surface area contributed by atoms with Crippen molar-refractivity contribution in [2.75, 3.05) is 15.8 Å². The van der Waals surface area contributed by atoms with Gasteiger partial charge in [-0.3, -0.25) is 24.0 Å². The van der Waals surface area contributed by atoms with Gasteiger partial charge in [0, 0.05) is 11.3 Å². The maximum Gasteiger partial charge on any atom is 0.261 e. The van der Waals surface area contributed by atoms with Gasteiger partial charge in [0.2, 0.25) is 10.0 Å². The summed E-state index contributed by atoms with van der Waals surface area (Å²) >= 11 is 0. The van der Waals surface area contributed by atoms with E-state index in [1.807, 2.05) is 0 Å². The van der Waals surface area contributed by atoms with Crippen molar-refractivity contribution in [3.05, 3.63) is 94.5 Å². The van der Waals surface area contributed by atoms with Crippen LogP contribution < -0.4 is 10.0 Å². The zero-order valence-corrected chi connectivity index (χ0v) is 20.2. The van der Waals surface area contributed by atoms with Crippen LogP contribution in [0.3, 0.4) is 0 Å². The molecule has 3 amide bonds. The molecule has 0 saturated heterocycles. The van der Waals surface area contributed by atoms with Crippen LogP contribution in [0.5, 0.6) is 0 Å². The molecule has 8 nitrogen and oxygen atoms in total. The molecule has 1 aliphatic heterocycles. The minimum atomic E-state index is -3.46. The first kappa shape index (κ1) is 24.2. The van der Waals surface area contributed by atoms with Gasteiger partial charge in [0.1, 0.15) is 0 Å². The van der Waals surface area contributed by atoms with Gasteiger partial charge >= 0.3 is 0 Å². The van der Waals surface area contributed by atoms with Crippen LogP contribution in [-0.2, 0) is 16.6 Å². The Labute approximate surface area is 204 Å². The first-order valence-electron chi connectivity index (χ1n) is 11.2. The van der Waals surface area contributed by atoms with E-state index in [0.29, 0.717) is 45.6 Å². The van der Waals surface area contributed by atoms with E-state index in [1.54, 1.807) is 80.6 Å². The largest absolute Gasteiger partial charge is 0.322 e. The molecule has 0 atom stereocenters. The Kier molecular flexibility index (Phi) is 6.70. The molecule has 0 saturated carbocycles. The zero-order valence-electron chi connectivity index (χ0n) is 19.4. The normalized spacial score (nSPS) is 13.0. The molecular formula is C26H25N3O5S. The van der Waals surface area contributed by atoms with Crippen LogP contribution in [0.2, 0.25) is 0 Å². The van der Waals surface area contributed by atoms with Gasteiger partial charge in [-0.2, -0.15) is 0 Å². The SMILES string of the molecule is CCCS(=O)(=O)Nc1cccc(NC(=O)c2ccc(CN3C(=O)c4ccccc4C3=O)cc2)c1C. The van der Waals surface area contributed by atoms with Crippen LogP contribution in [-0.4, -0.2) is 36.8 Å². The fourth-order valence-corrected chi connectivity index (χ4v) is 5.09. The summed E-state index contributed by atoms with van der Waals surface area (Å²) in [5.74, 6) is -1.03. The molecule has 0 unspecified atom stereocenters. The molecule has 180 valence electrons. The minimum absolute atomic E-state index is 0.0100. The highest BCUT2D eigenvalue weighted by Crippen LogP contribution is 2.26. The number of amides is 3. The number of sulfonamides is 1. The van der Waals surface area contributed by atoms with Gasteiger partial charge in [-0.15, -0.1) is 0 Å². The highest BCUT2D eigenvalue weighted by Gasteiger charge is 2.34. The Bertz CT molecular complexity index is 1380. The molecule has 35 heavy (non-hydrogen) atoms. The number of fused-ring (bicyclic) bond motifs is 1. The van der Waals surface area contributed by atoms with Crippen LogP contribution in [0, 0.1) is 6.92 Å².